The molecule has 3 nitrogen and oxygen atoms in total. The summed E-state index contributed by atoms with van der Waals surface area (Å²) in [5.74, 6) is -0.451. The van der Waals surface area contributed by atoms with Gasteiger partial charge in [0.1, 0.15) is 11.6 Å². The van der Waals surface area contributed by atoms with E-state index in [0.717, 1.165) is 0 Å². The molecule has 0 atom stereocenters. The number of aromatic nitrogens is 2. The van der Waals surface area contributed by atoms with Gasteiger partial charge in [0.25, 0.3) is 0 Å². The van der Waals surface area contributed by atoms with Gasteiger partial charge in [-0.15, -0.1) is 0 Å². The van der Waals surface area contributed by atoms with Gasteiger partial charge < -0.3 is 5.73 Å². The molecule has 1 heterocycles. The minimum absolute atomic E-state index is 0.202. The zero-order valence-electron chi connectivity index (χ0n) is 11.1. The molecule has 102 valence electrons. The Morgan fingerprint density at radius 3 is 2.40 bits per heavy atom. The molecule has 0 fully saturated rings. The molecule has 0 bridgehead atoms. The molecule has 0 aliphatic heterocycles. The summed E-state index contributed by atoms with van der Waals surface area (Å²) in [6, 6.07) is 7.82. The highest BCUT2D eigenvalue weighted by Crippen LogP contribution is 2.26. The third-order valence-corrected chi connectivity index (χ3v) is 3.37. The van der Waals surface area contributed by atoms with E-state index in [-0.39, 0.29) is 17.6 Å². The van der Waals surface area contributed by atoms with E-state index in [1.54, 1.807) is 36.6 Å². The predicted octanol–water partition coefficient (Wildman–Crippen LogP) is 3.50. The van der Waals surface area contributed by atoms with Crippen molar-refractivity contribution in [2.75, 3.05) is 5.73 Å². The summed E-state index contributed by atoms with van der Waals surface area (Å²) in [5.41, 5.74) is 8.60. The zero-order chi connectivity index (χ0) is 14.4. The number of aryl methyl sites for hydroxylation is 2. The Morgan fingerprint density at radius 1 is 1.00 bits per heavy atom. The molecule has 0 saturated carbocycles. The van der Waals surface area contributed by atoms with Gasteiger partial charge in [0.15, 0.2) is 0 Å². The highest BCUT2D eigenvalue weighted by atomic mass is 19.1. The van der Waals surface area contributed by atoms with Crippen molar-refractivity contribution in [3.63, 3.8) is 0 Å². The van der Waals surface area contributed by atoms with Crippen molar-refractivity contribution in [3.05, 3.63) is 53.1 Å². The lowest BCUT2D eigenvalue weighted by atomic mass is 10.2. The van der Waals surface area contributed by atoms with Crippen LogP contribution in [-0.4, -0.2) is 9.55 Å². The molecular formula is C15H13F2N3. The van der Waals surface area contributed by atoms with Gasteiger partial charge in [0, 0.05) is 6.07 Å². The molecule has 5 heteroatoms. The van der Waals surface area contributed by atoms with Gasteiger partial charge in [-0.25, -0.2) is 13.8 Å². The Bertz CT molecular complexity index is 822. The average molecular weight is 273 g/mol. The number of hydrogen-bond donors (Lipinski definition) is 1. The maximum atomic E-state index is 13.7. The smallest absolute Gasteiger partial charge is 0.205 e. The predicted molar refractivity (Wildman–Crippen MR) is 74.9 cm³/mol. The van der Waals surface area contributed by atoms with Crippen LogP contribution in [0.2, 0.25) is 0 Å². The van der Waals surface area contributed by atoms with Crippen LogP contribution < -0.4 is 5.73 Å². The number of hydrogen-bond acceptors (Lipinski definition) is 2. The van der Waals surface area contributed by atoms with E-state index in [4.69, 9.17) is 5.73 Å². The first-order chi connectivity index (χ1) is 9.47. The van der Waals surface area contributed by atoms with E-state index in [2.05, 4.69) is 4.98 Å². The first-order valence-corrected chi connectivity index (χ1v) is 6.18. The lowest BCUT2D eigenvalue weighted by molar-refractivity contribution is 0.617. The second-order valence-electron chi connectivity index (χ2n) is 4.83. The number of nitrogen functional groups attached to an aromatic ring is 1. The van der Waals surface area contributed by atoms with Crippen LogP contribution in [0.4, 0.5) is 14.7 Å². The van der Waals surface area contributed by atoms with Crippen molar-refractivity contribution in [2.45, 2.75) is 13.8 Å². The fraction of sp³-hybridized carbons (Fsp3) is 0.133. The van der Waals surface area contributed by atoms with Crippen molar-refractivity contribution in [2.24, 2.45) is 0 Å². The van der Waals surface area contributed by atoms with Gasteiger partial charge in [-0.2, -0.15) is 0 Å². The Hall–Kier alpha value is -2.43. The van der Waals surface area contributed by atoms with Crippen LogP contribution in [0.15, 0.2) is 30.3 Å². The third-order valence-electron chi connectivity index (χ3n) is 3.37. The lowest BCUT2D eigenvalue weighted by Crippen LogP contribution is -2.01. The topological polar surface area (TPSA) is 43.8 Å². The van der Waals surface area contributed by atoms with Crippen molar-refractivity contribution in [3.8, 4) is 5.69 Å². The van der Waals surface area contributed by atoms with Crippen molar-refractivity contribution < 1.29 is 8.78 Å². The Labute approximate surface area is 114 Å². The summed E-state index contributed by atoms with van der Waals surface area (Å²) >= 11 is 0. The summed E-state index contributed by atoms with van der Waals surface area (Å²) in [6.07, 6.45) is 0. The molecule has 0 spiro atoms. The minimum atomic E-state index is -0.336. The summed E-state index contributed by atoms with van der Waals surface area (Å²) < 4.78 is 28.9. The van der Waals surface area contributed by atoms with Crippen LogP contribution in [0.1, 0.15) is 11.1 Å². The molecule has 0 amide bonds. The fourth-order valence-corrected chi connectivity index (χ4v) is 2.21. The van der Waals surface area contributed by atoms with Crippen LogP contribution in [0.5, 0.6) is 0 Å². The molecule has 3 aromatic rings. The van der Waals surface area contributed by atoms with Crippen molar-refractivity contribution in [1.29, 1.82) is 0 Å². The van der Waals surface area contributed by atoms with Gasteiger partial charge in [-0.05, 0) is 43.2 Å². The van der Waals surface area contributed by atoms with Gasteiger partial charge in [0.05, 0.1) is 16.7 Å². The van der Waals surface area contributed by atoms with Crippen LogP contribution >= 0.6 is 0 Å². The summed E-state index contributed by atoms with van der Waals surface area (Å²) in [4.78, 5) is 4.12. The summed E-state index contributed by atoms with van der Waals surface area (Å²) in [5, 5.41) is 0. The SMILES string of the molecule is Cc1ccc(-n2c(N)nc3cc(F)c(C)cc32)cc1F. The minimum Gasteiger partial charge on any atom is -0.369 e. The number of rotatable bonds is 1. The molecule has 0 radical (unpaired) electrons. The van der Waals surface area contributed by atoms with E-state index in [1.165, 1.54) is 12.1 Å². The molecule has 0 aliphatic carbocycles. The monoisotopic (exact) mass is 273 g/mol. The summed E-state index contributed by atoms with van der Waals surface area (Å²) in [7, 11) is 0. The molecule has 3 rings (SSSR count). The first kappa shape index (κ1) is 12.6. The van der Waals surface area contributed by atoms with Crippen LogP contribution in [-0.2, 0) is 0 Å². The van der Waals surface area contributed by atoms with E-state index in [1.807, 2.05) is 0 Å². The standard InChI is InChI=1S/C15H13F2N3/c1-8-3-4-10(6-11(8)16)20-14-5-9(2)12(17)7-13(14)19-15(20)18/h3-7H,1-2H3,(H2,18,19). The second-order valence-corrected chi connectivity index (χ2v) is 4.83. The lowest BCUT2D eigenvalue weighted by Gasteiger charge is -2.08. The van der Waals surface area contributed by atoms with E-state index < -0.39 is 0 Å². The Kier molecular flexibility index (Phi) is 2.71. The van der Waals surface area contributed by atoms with Gasteiger partial charge in [-0.3, -0.25) is 4.57 Å². The largest absolute Gasteiger partial charge is 0.369 e. The molecule has 1 aromatic heterocycles. The maximum absolute atomic E-state index is 13.7. The third kappa shape index (κ3) is 1.82. The van der Waals surface area contributed by atoms with E-state index in [0.29, 0.717) is 27.8 Å². The number of benzene rings is 2. The van der Waals surface area contributed by atoms with Gasteiger partial charge >= 0.3 is 0 Å². The molecule has 0 aliphatic rings. The second kappa shape index (κ2) is 4.30. The van der Waals surface area contributed by atoms with E-state index >= 15 is 0 Å². The summed E-state index contributed by atoms with van der Waals surface area (Å²) in [6.45, 7) is 3.35. The Balaban J connectivity index is 2.32. The highest BCUT2D eigenvalue weighted by Gasteiger charge is 2.13. The molecule has 0 saturated heterocycles. The van der Waals surface area contributed by atoms with Gasteiger partial charge in [0.2, 0.25) is 5.95 Å². The number of halogens is 2. The molecule has 2 aromatic carbocycles. The van der Waals surface area contributed by atoms with E-state index in [9.17, 15) is 8.78 Å². The van der Waals surface area contributed by atoms with Crippen molar-refractivity contribution >= 4 is 17.0 Å². The number of anilines is 1. The zero-order valence-corrected chi connectivity index (χ0v) is 11.1. The van der Waals surface area contributed by atoms with Crippen LogP contribution in [0, 0.1) is 25.5 Å². The maximum Gasteiger partial charge on any atom is 0.205 e. The van der Waals surface area contributed by atoms with Gasteiger partial charge in [-0.1, -0.05) is 6.07 Å². The normalized spacial score (nSPS) is 11.2. The van der Waals surface area contributed by atoms with Crippen LogP contribution in [0.25, 0.3) is 16.7 Å². The molecule has 2 N–H and O–H groups in total. The highest BCUT2D eigenvalue weighted by molar-refractivity contribution is 5.81. The fourth-order valence-electron chi connectivity index (χ4n) is 2.21. The number of nitrogens with two attached hydrogens (primary N) is 1. The quantitative estimate of drug-likeness (QED) is 0.737. The Morgan fingerprint density at radius 2 is 1.70 bits per heavy atom. The molecule has 20 heavy (non-hydrogen) atoms. The first-order valence-electron chi connectivity index (χ1n) is 6.18. The number of imidazole rings is 1. The molecule has 0 unspecified atom stereocenters. The average Bonchev–Trinajstić information content (AvgIpc) is 2.69. The molecular weight excluding hydrogens is 260 g/mol. The number of nitrogens with zero attached hydrogens (tertiary/aromatic N) is 2. The van der Waals surface area contributed by atoms with Crippen molar-refractivity contribution in [1.82, 2.24) is 9.55 Å². The van der Waals surface area contributed by atoms with Crippen LogP contribution in [0.3, 0.4) is 0 Å². The number of fused-ring (bicyclic) bond motifs is 1.